The minimum atomic E-state index is 0.240. The lowest BCUT2D eigenvalue weighted by atomic mass is 10.7. The van der Waals surface area contributed by atoms with E-state index in [1.807, 2.05) is 6.92 Å². The van der Waals surface area contributed by atoms with E-state index in [1.54, 1.807) is 12.3 Å². The summed E-state index contributed by atoms with van der Waals surface area (Å²) in [5.74, 6) is 0. The van der Waals surface area contributed by atoms with Crippen LogP contribution in [0.3, 0.4) is 0 Å². The fraction of sp³-hybridized carbons (Fsp3) is 0.500. The molecule has 0 N–H and O–H groups in total. The van der Waals surface area contributed by atoms with E-state index in [2.05, 4.69) is 4.74 Å². The first-order chi connectivity index (χ1) is 2.91. The quantitative estimate of drug-likeness (QED) is 0.385. The summed E-state index contributed by atoms with van der Waals surface area (Å²) in [6.45, 7) is 1.87. The van der Waals surface area contributed by atoms with Crippen LogP contribution in [0.15, 0.2) is 12.3 Å². The molecule has 0 bridgehead atoms. The van der Waals surface area contributed by atoms with Gasteiger partial charge in [0.2, 0.25) is 0 Å². The third kappa shape index (κ3) is 3.83. The Morgan fingerprint density at radius 1 is 1.83 bits per heavy atom. The smallest absolute Gasteiger partial charge is 0.161 e. The van der Waals surface area contributed by atoms with Crippen molar-refractivity contribution in [1.29, 1.82) is 0 Å². The van der Waals surface area contributed by atoms with E-state index in [9.17, 15) is 0 Å². The van der Waals surface area contributed by atoms with Crippen molar-refractivity contribution in [3.63, 3.8) is 0 Å². The second-order valence-corrected chi connectivity index (χ2v) is 0.963. The number of ether oxygens (including phenoxy) is 1. The van der Waals surface area contributed by atoms with Crippen LogP contribution in [0.4, 0.5) is 0 Å². The summed E-state index contributed by atoms with van der Waals surface area (Å²) < 4.78 is 4.57. The Balaban J connectivity index is 2.66. The van der Waals surface area contributed by atoms with Gasteiger partial charge in [-0.15, -0.1) is 0 Å². The zero-order valence-electron chi connectivity index (χ0n) is 3.65. The molecule has 1 nitrogen and oxygen atoms in total. The minimum absolute atomic E-state index is 0.240. The predicted molar refractivity (Wildman–Crippen MR) is 26.6 cm³/mol. The average molecular weight is 107 g/mol. The van der Waals surface area contributed by atoms with Gasteiger partial charge in [0.1, 0.15) is 0 Å². The molecule has 0 aliphatic rings. The SMILES string of the molecule is C/C=C\OCCl. The Morgan fingerprint density at radius 3 is 2.67 bits per heavy atom. The van der Waals surface area contributed by atoms with Gasteiger partial charge in [-0.2, -0.15) is 0 Å². The highest BCUT2D eigenvalue weighted by molar-refractivity contribution is 6.17. The third-order valence-corrected chi connectivity index (χ3v) is 0.421. The van der Waals surface area contributed by atoms with Gasteiger partial charge in [0.15, 0.2) is 6.07 Å². The Hall–Kier alpha value is -0.170. The van der Waals surface area contributed by atoms with Crippen LogP contribution < -0.4 is 0 Å². The van der Waals surface area contributed by atoms with Gasteiger partial charge in [-0.25, -0.2) is 0 Å². The number of rotatable bonds is 2. The van der Waals surface area contributed by atoms with Crippen molar-refractivity contribution in [2.75, 3.05) is 6.07 Å². The van der Waals surface area contributed by atoms with E-state index in [0.29, 0.717) is 0 Å². The summed E-state index contributed by atoms with van der Waals surface area (Å²) in [5, 5.41) is 0. The first-order valence-corrected chi connectivity index (χ1v) is 2.24. The van der Waals surface area contributed by atoms with Crippen LogP contribution in [0.5, 0.6) is 0 Å². The monoisotopic (exact) mass is 106 g/mol. The van der Waals surface area contributed by atoms with E-state index < -0.39 is 0 Å². The summed E-state index contributed by atoms with van der Waals surface area (Å²) in [6.07, 6.45) is 3.33. The van der Waals surface area contributed by atoms with Crippen LogP contribution in [0.25, 0.3) is 0 Å². The number of hydrogen-bond donors (Lipinski definition) is 0. The molecule has 0 amide bonds. The van der Waals surface area contributed by atoms with E-state index >= 15 is 0 Å². The molecule has 0 rings (SSSR count). The van der Waals surface area contributed by atoms with Crippen LogP contribution in [0.2, 0.25) is 0 Å². The Kier molecular flexibility index (Phi) is 4.69. The molecule has 0 radical (unpaired) electrons. The highest BCUT2D eigenvalue weighted by Crippen LogP contribution is 1.78. The van der Waals surface area contributed by atoms with Crippen molar-refractivity contribution < 1.29 is 4.74 Å². The molecule has 0 aliphatic heterocycles. The van der Waals surface area contributed by atoms with Gasteiger partial charge in [-0.1, -0.05) is 17.7 Å². The maximum Gasteiger partial charge on any atom is 0.161 e. The molecule has 0 atom stereocenters. The molecular weight excluding hydrogens is 99.5 g/mol. The van der Waals surface area contributed by atoms with Gasteiger partial charge in [0.25, 0.3) is 0 Å². The van der Waals surface area contributed by atoms with Crippen molar-refractivity contribution >= 4 is 11.6 Å². The lowest BCUT2D eigenvalue weighted by molar-refractivity contribution is 0.312. The minimum Gasteiger partial charge on any atom is -0.486 e. The van der Waals surface area contributed by atoms with Crippen LogP contribution in [-0.2, 0) is 4.74 Å². The standard InChI is InChI=1S/C4H7ClO/c1-2-3-6-4-5/h2-3H,4H2,1H3/b3-2-. The Morgan fingerprint density at radius 2 is 2.50 bits per heavy atom. The van der Waals surface area contributed by atoms with Crippen LogP contribution in [-0.4, -0.2) is 6.07 Å². The lowest BCUT2D eigenvalue weighted by Gasteiger charge is -1.84. The third-order valence-electron chi connectivity index (χ3n) is 0.295. The maximum absolute atomic E-state index is 5.11. The molecular formula is C4H7ClO. The average Bonchev–Trinajstić information content (AvgIpc) is 1.61. The molecule has 2 heteroatoms. The zero-order chi connectivity index (χ0) is 4.83. The number of hydrogen-bond acceptors (Lipinski definition) is 1. The summed E-state index contributed by atoms with van der Waals surface area (Å²) in [7, 11) is 0. The van der Waals surface area contributed by atoms with Gasteiger partial charge in [0.05, 0.1) is 6.26 Å². The second-order valence-electron chi connectivity index (χ2n) is 0.745. The van der Waals surface area contributed by atoms with Crippen LogP contribution in [0.1, 0.15) is 6.92 Å². The van der Waals surface area contributed by atoms with E-state index in [4.69, 9.17) is 11.6 Å². The maximum atomic E-state index is 5.11. The predicted octanol–water partition coefficient (Wildman–Crippen LogP) is 1.73. The molecule has 0 heterocycles. The molecule has 0 saturated heterocycles. The van der Waals surface area contributed by atoms with Crippen LogP contribution in [0, 0.1) is 0 Å². The zero-order valence-corrected chi connectivity index (χ0v) is 4.40. The highest BCUT2D eigenvalue weighted by atomic mass is 35.5. The van der Waals surface area contributed by atoms with E-state index in [0.717, 1.165) is 0 Å². The summed E-state index contributed by atoms with van der Waals surface area (Å²) in [6, 6.07) is 0.240. The van der Waals surface area contributed by atoms with Crippen molar-refractivity contribution in [2.24, 2.45) is 0 Å². The Bertz CT molecular complexity index is 42.8. The summed E-state index contributed by atoms with van der Waals surface area (Å²) in [4.78, 5) is 0. The van der Waals surface area contributed by atoms with Gasteiger partial charge in [-0.05, 0) is 6.92 Å². The number of halogens is 1. The molecule has 36 valence electrons. The molecule has 0 spiro atoms. The van der Waals surface area contributed by atoms with Gasteiger partial charge in [0, 0.05) is 0 Å². The topological polar surface area (TPSA) is 9.23 Å². The van der Waals surface area contributed by atoms with Crippen molar-refractivity contribution in [3.05, 3.63) is 12.3 Å². The van der Waals surface area contributed by atoms with E-state index in [1.165, 1.54) is 0 Å². The molecule has 0 aliphatic carbocycles. The highest BCUT2D eigenvalue weighted by Gasteiger charge is 1.62. The van der Waals surface area contributed by atoms with Gasteiger partial charge >= 0.3 is 0 Å². The van der Waals surface area contributed by atoms with Gasteiger partial charge in [-0.3, -0.25) is 0 Å². The fourth-order valence-electron chi connectivity index (χ4n) is 0.133. The van der Waals surface area contributed by atoms with Crippen molar-refractivity contribution in [1.82, 2.24) is 0 Å². The normalized spacial score (nSPS) is 9.67. The lowest BCUT2D eigenvalue weighted by Crippen LogP contribution is -1.69. The first kappa shape index (κ1) is 5.83. The second kappa shape index (κ2) is 4.83. The van der Waals surface area contributed by atoms with Crippen molar-refractivity contribution in [3.8, 4) is 0 Å². The van der Waals surface area contributed by atoms with Crippen molar-refractivity contribution in [2.45, 2.75) is 6.92 Å². The fourth-order valence-corrected chi connectivity index (χ4v) is 0.205. The Labute approximate surface area is 42.6 Å². The molecule has 0 unspecified atom stereocenters. The van der Waals surface area contributed by atoms with E-state index in [-0.39, 0.29) is 6.07 Å². The number of alkyl halides is 1. The molecule has 0 aromatic carbocycles. The van der Waals surface area contributed by atoms with Crippen LogP contribution >= 0.6 is 11.6 Å². The molecule has 0 aromatic heterocycles. The molecule has 0 saturated carbocycles. The first-order valence-electron chi connectivity index (χ1n) is 1.70. The molecule has 0 fully saturated rings. The largest absolute Gasteiger partial charge is 0.486 e. The summed E-state index contributed by atoms with van der Waals surface area (Å²) in [5.41, 5.74) is 0. The number of allylic oxidation sites excluding steroid dienone is 1. The molecule has 6 heavy (non-hydrogen) atoms. The van der Waals surface area contributed by atoms with Gasteiger partial charge < -0.3 is 4.74 Å². The molecule has 0 aromatic rings. The summed E-state index contributed by atoms with van der Waals surface area (Å²) >= 11 is 5.11.